The average molecular weight is 779 g/mol. The second kappa shape index (κ2) is 43.5. The van der Waals surface area contributed by atoms with Crippen molar-refractivity contribution in [3.63, 3.8) is 0 Å². The van der Waals surface area contributed by atoms with Gasteiger partial charge in [-0.1, -0.05) is 197 Å². The van der Waals surface area contributed by atoms with Crippen molar-refractivity contribution in [2.75, 3.05) is 13.2 Å². The fraction of sp³-hybridized carbons (Fsp3) is 0.392. The zero-order valence-corrected chi connectivity index (χ0v) is 35.0. The van der Waals surface area contributed by atoms with Crippen LogP contribution in [0.3, 0.4) is 0 Å². The van der Waals surface area contributed by atoms with Crippen molar-refractivity contribution < 1.29 is 28.6 Å². The topological polar surface area (TPSA) is 78.9 Å². The number of carbonyl (C=O) groups excluding carboxylic acids is 3. The summed E-state index contributed by atoms with van der Waals surface area (Å²) >= 11 is 0. The third-order valence-electron chi connectivity index (χ3n) is 7.52. The number of unbranched alkanes of at least 4 members (excludes halogenated alkanes) is 4. The van der Waals surface area contributed by atoms with Gasteiger partial charge in [-0.15, -0.1) is 0 Å². The molecule has 57 heavy (non-hydrogen) atoms. The highest BCUT2D eigenvalue weighted by Crippen LogP contribution is 2.08. The van der Waals surface area contributed by atoms with Crippen LogP contribution in [0.5, 0.6) is 0 Å². The monoisotopic (exact) mass is 779 g/mol. The number of hydrogen-bond acceptors (Lipinski definition) is 6. The third-order valence-corrected chi connectivity index (χ3v) is 7.52. The van der Waals surface area contributed by atoms with Gasteiger partial charge in [0.2, 0.25) is 0 Å². The molecule has 0 bridgehead atoms. The van der Waals surface area contributed by atoms with Crippen molar-refractivity contribution in [3.05, 3.63) is 170 Å². The lowest BCUT2D eigenvalue weighted by molar-refractivity contribution is -0.166. The molecule has 6 heteroatoms. The average Bonchev–Trinajstić information content (AvgIpc) is 3.21. The molecule has 0 heterocycles. The van der Waals surface area contributed by atoms with E-state index in [1.54, 1.807) is 6.08 Å². The van der Waals surface area contributed by atoms with Crippen molar-refractivity contribution >= 4 is 17.9 Å². The molecule has 310 valence electrons. The summed E-state index contributed by atoms with van der Waals surface area (Å²) in [5.41, 5.74) is 0. The van der Waals surface area contributed by atoms with Gasteiger partial charge < -0.3 is 14.2 Å². The lowest BCUT2D eigenvalue weighted by Gasteiger charge is -2.18. The van der Waals surface area contributed by atoms with Gasteiger partial charge in [0, 0.05) is 12.8 Å². The van der Waals surface area contributed by atoms with Gasteiger partial charge in [0.1, 0.15) is 13.2 Å². The predicted octanol–water partition coefficient (Wildman–Crippen LogP) is 13.3. The molecular formula is C51H70O6. The minimum absolute atomic E-state index is 0.101. The van der Waals surface area contributed by atoms with E-state index in [2.05, 4.69) is 57.2 Å². The highest BCUT2D eigenvalue weighted by molar-refractivity contribution is 5.72. The Hall–Kier alpha value is -5.23. The van der Waals surface area contributed by atoms with E-state index in [9.17, 15) is 14.4 Å². The lowest BCUT2D eigenvalue weighted by Crippen LogP contribution is -2.30. The fourth-order valence-electron chi connectivity index (χ4n) is 4.50. The van der Waals surface area contributed by atoms with E-state index in [1.165, 1.54) is 0 Å². The Kier molecular flexibility index (Phi) is 39.5. The van der Waals surface area contributed by atoms with Gasteiger partial charge in [-0.3, -0.25) is 14.4 Å². The molecule has 0 aromatic heterocycles. The Morgan fingerprint density at radius 3 is 1.30 bits per heavy atom. The second-order valence-corrected chi connectivity index (χ2v) is 12.7. The Bertz CT molecular complexity index is 1450. The molecular weight excluding hydrogens is 709 g/mol. The normalized spacial score (nSPS) is 13.8. The van der Waals surface area contributed by atoms with Crippen LogP contribution < -0.4 is 0 Å². The van der Waals surface area contributed by atoms with Crippen molar-refractivity contribution in [2.45, 2.75) is 117 Å². The highest BCUT2D eigenvalue weighted by Gasteiger charge is 2.19. The number of rotatable bonds is 33. The largest absolute Gasteiger partial charge is 0.462 e. The Balaban J connectivity index is 4.70. The number of allylic oxidation sites excluding steroid dienone is 27. The first-order valence-electron chi connectivity index (χ1n) is 20.8. The van der Waals surface area contributed by atoms with Gasteiger partial charge in [-0.25, -0.2) is 0 Å². The fourth-order valence-corrected chi connectivity index (χ4v) is 4.50. The van der Waals surface area contributed by atoms with Crippen molar-refractivity contribution in [2.24, 2.45) is 0 Å². The van der Waals surface area contributed by atoms with Gasteiger partial charge in [-0.2, -0.15) is 0 Å². The van der Waals surface area contributed by atoms with Gasteiger partial charge in [0.15, 0.2) is 6.10 Å². The smallest absolute Gasteiger partial charge is 0.309 e. The summed E-state index contributed by atoms with van der Waals surface area (Å²) in [5, 5.41) is 0. The molecule has 0 saturated heterocycles. The second-order valence-electron chi connectivity index (χ2n) is 12.7. The molecule has 0 aliphatic carbocycles. The van der Waals surface area contributed by atoms with E-state index in [4.69, 9.17) is 14.2 Å². The van der Waals surface area contributed by atoms with Crippen LogP contribution in [0.25, 0.3) is 0 Å². The summed E-state index contributed by atoms with van der Waals surface area (Å²) in [5.74, 6) is -1.24. The van der Waals surface area contributed by atoms with Gasteiger partial charge in [0.05, 0.1) is 6.42 Å². The molecule has 0 aliphatic heterocycles. The summed E-state index contributed by atoms with van der Waals surface area (Å²) in [6.07, 6.45) is 65.2. The van der Waals surface area contributed by atoms with Crippen LogP contribution in [0.2, 0.25) is 0 Å². The van der Waals surface area contributed by atoms with Crippen LogP contribution in [0.1, 0.15) is 111 Å². The Morgan fingerprint density at radius 1 is 0.386 bits per heavy atom. The molecule has 0 aromatic rings. The van der Waals surface area contributed by atoms with Crippen LogP contribution in [0.4, 0.5) is 0 Å². The first-order valence-corrected chi connectivity index (χ1v) is 20.8. The molecule has 0 radical (unpaired) electrons. The Labute approximate surface area is 345 Å². The molecule has 0 aromatic carbocycles. The minimum atomic E-state index is -0.876. The zero-order valence-electron chi connectivity index (χ0n) is 35.0. The summed E-state index contributed by atoms with van der Waals surface area (Å²) in [7, 11) is 0. The SMILES string of the molecule is CC\C=C/C=C\C=C/C=C\C=C/CCCC(=O)OC(COC(=O)C/C=C\C/C=C\C/C=C\CC)COC(=O)CCCCC\C=C/C=C/C=C\C=C/C=C\C=C/CC. The van der Waals surface area contributed by atoms with Crippen LogP contribution >= 0.6 is 0 Å². The van der Waals surface area contributed by atoms with Crippen molar-refractivity contribution in [1.29, 1.82) is 0 Å². The zero-order chi connectivity index (χ0) is 41.5. The van der Waals surface area contributed by atoms with E-state index in [-0.39, 0.29) is 38.4 Å². The molecule has 0 aliphatic rings. The maximum Gasteiger partial charge on any atom is 0.309 e. The number of carbonyl (C=O) groups is 3. The quantitative estimate of drug-likeness (QED) is 0.0217. The molecule has 0 spiro atoms. The standard InChI is InChI=1S/C51H70O6/c1-4-7-10-13-16-19-21-23-24-25-26-28-29-32-35-38-41-44-50(53)56-47-48(46-55-49(52)43-40-37-34-31-18-15-12-9-6-3)57-51(54)45-42-39-36-33-30-27-22-20-17-14-11-8-5-2/h7-14,16-31,33,36-37,40,48H,4-6,15,32,34-35,38-39,41-47H2,1-3H3/b10-7-,11-8-,12-9-,16-13-,17-14-,21-19-,22-20-,24-23-,26-25+,29-28-,30-27-,31-18-,36-33-,40-37-. The molecule has 0 fully saturated rings. The van der Waals surface area contributed by atoms with Crippen LogP contribution in [0.15, 0.2) is 170 Å². The molecule has 1 atom stereocenters. The van der Waals surface area contributed by atoms with Crippen LogP contribution in [-0.2, 0) is 28.6 Å². The molecule has 0 saturated carbocycles. The van der Waals surface area contributed by atoms with Crippen LogP contribution in [0, 0.1) is 0 Å². The molecule has 1 unspecified atom stereocenters. The summed E-state index contributed by atoms with van der Waals surface area (Å²) in [6, 6.07) is 0. The summed E-state index contributed by atoms with van der Waals surface area (Å²) in [6.45, 7) is 5.96. The van der Waals surface area contributed by atoms with Gasteiger partial charge in [0.25, 0.3) is 0 Å². The molecule has 0 rings (SSSR count). The molecule has 0 N–H and O–H groups in total. The first-order chi connectivity index (χ1) is 28.0. The summed E-state index contributed by atoms with van der Waals surface area (Å²) < 4.78 is 16.4. The van der Waals surface area contributed by atoms with Crippen LogP contribution in [-0.4, -0.2) is 37.2 Å². The first kappa shape index (κ1) is 51.8. The van der Waals surface area contributed by atoms with E-state index >= 15 is 0 Å². The maximum atomic E-state index is 12.6. The van der Waals surface area contributed by atoms with E-state index in [0.717, 1.165) is 51.4 Å². The van der Waals surface area contributed by atoms with E-state index in [1.807, 2.05) is 128 Å². The lowest BCUT2D eigenvalue weighted by atomic mass is 10.1. The molecule has 6 nitrogen and oxygen atoms in total. The predicted molar refractivity (Wildman–Crippen MR) is 241 cm³/mol. The Morgan fingerprint density at radius 2 is 0.789 bits per heavy atom. The van der Waals surface area contributed by atoms with E-state index in [0.29, 0.717) is 19.3 Å². The van der Waals surface area contributed by atoms with Gasteiger partial charge >= 0.3 is 17.9 Å². The van der Waals surface area contributed by atoms with E-state index < -0.39 is 18.0 Å². The highest BCUT2D eigenvalue weighted by atomic mass is 16.6. The number of hydrogen-bond donors (Lipinski definition) is 0. The maximum absolute atomic E-state index is 12.6. The summed E-state index contributed by atoms with van der Waals surface area (Å²) in [4.78, 5) is 37.5. The van der Waals surface area contributed by atoms with Crippen molar-refractivity contribution in [3.8, 4) is 0 Å². The number of ether oxygens (including phenoxy) is 3. The van der Waals surface area contributed by atoms with Gasteiger partial charge in [-0.05, 0) is 64.2 Å². The number of esters is 3. The third kappa shape index (κ3) is 41.8. The van der Waals surface area contributed by atoms with Crippen molar-refractivity contribution in [1.82, 2.24) is 0 Å². The molecule has 0 amide bonds. The minimum Gasteiger partial charge on any atom is -0.462 e.